The fraction of sp³-hybridized carbons (Fsp3) is 0.333. The van der Waals surface area contributed by atoms with Gasteiger partial charge in [0.25, 0.3) is 0 Å². The van der Waals surface area contributed by atoms with Crippen LogP contribution in [0, 0.1) is 6.92 Å². The minimum atomic E-state index is -0.249. The van der Waals surface area contributed by atoms with Crippen LogP contribution in [0.1, 0.15) is 33.4 Å². The molecular formula is C24H26N4O4S. The molecule has 0 aliphatic carbocycles. The van der Waals surface area contributed by atoms with Gasteiger partial charge in [0, 0.05) is 13.1 Å². The molecule has 0 fully saturated rings. The molecule has 0 saturated heterocycles. The number of hydrogen-bond donors (Lipinski definition) is 1. The van der Waals surface area contributed by atoms with E-state index in [0.29, 0.717) is 28.0 Å². The van der Waals surface area contributed by atoms with E-state index in [-0.39, 0.29) is 11.9 Å². The zero-order valence-electron chi connectivity index (χ0n) is 19.0. The third kappa shape index (κ3) is 3.67. The molecular weight excluding hydrogens is 440 g/mol. The molecule has 33 heavy (non-hydrogen) atoms. The highest BCUT2D eigenvalue weighted by molar-refractivity contribution is 7.17. The summed E-state index contributed by atoms with van der Waals surface area (Å²) in [5.41, 5.74) is 3.58. The molecule has 4 aromatic rings. The molecule has 1 aliphatic rings. The molecule has 1 aliphatic heterocycles. The molecule has 1 N–H and O–H groups in total. The van der Waals surface area contributed by atoms with Crippen LogP contribution >= 0.6 is 11.3 Å². The van der Waals surface area contributed by atoms with Crippen molar-refractivity contribution < 1.29 is 19.3 Å². The van der Waals surface area contributed by atoms with Gasteiger partial charge in [-0.3, -0.25) is 4.90 Å². The molecule has 1 atom stereocenters. The Morgan fingerprint density at radius 3 is 2.36 bits per heavy atom. The van der Waals surface area contributed by atoms with Gasteiger partial charge in [-0.2, -0.15) is 4.52 Å². The van der Waals surface area contributed by atoms with Gasteiger partial charge in [0.2, 0.25) is 16.6 Å². The summed E-state index contributed by atoms with van der Waals surface area (Å²) >= 11 is 1.44. The van der Waals surface area contributed by atoms with E-state index >= 15 is 0 Å². The first-order valence-corrected chi connectivity index (χ1v) is 11.5. The summed E-state index contributed by atoms with van der Waals surface area (Å²) in [6.45, 7) is 3.41. The van der Waals surface area contributed by atoms with Crippen LogP contribution in [-0.4, -0.2) is 52.5 Å². The highest BCUT2D eigenvalue weighted by atomic mass is 32.1. The number of benzene rings is 2. The summed E-state index contributed by atoms with van der Waals surface area (Å²) in [7, 11) is 4.81. The summed E-state index contributed by atoms with van der Waals surface area (Å²) in [4.78, 5) is 8.27. The minimum absolute atomic E-state index is 0.105. The highest BCUT2D eigenvalue weighted by Crippen LogP contribution is 2.46. The molecule has 8 nitrogen and oxygen atoms in total. The van der Waals surface area contributed by atoms with Crippen molar-refractivity contribution in [2.45, 2.75) is 25.9 Å². The summed E-state index contributed by atoms with van der Waals surface area (Å²) in [5, 5.41) is 15.5. The van der Waals surface area contributed by atoms with E-state index in [1.807, 2.05) is 19.1 Å². The Kier molecular flexibility index (Phi) is 5.59. The first kappa shape index (κ1) is 21.5. The maximum absolute atomic E-state index is 11.2. The van der Waals surface area contributed by atoms with Gasteiger partial charge < -0.3 is 19.3 Å². The Morgan fingerprint density at radius 2 is 1.73 bits per heavy atom. The predicted octanol–water partition coefficient (Wildman–Crippen LogP) is 3.98. The SMILES string of the molecule is COc1cc([C@@H](c2sc3nc(C)nn3c2O)N2CCc3ccccc3C2)cc(OC)c1OC. The zero-order chi connectivity index (χ0) is 23.1. The lowest BCUT2D eigenvalue weighted by Gasteiger charge is -2.35. The molecule has 5 rings (SSSR count). The molecule has 0 bridgehead atoms. The average Bonchev–Trinajstić information content (AvgIpc) is 3.35. The normalized spacial score (nSPS) is 14.8. The number of aromatic nitrogens is 3. The molecule has 0 saturated carbocycles. The Bertz CT molecular complexity index is 1290. The third-order valence-corrected chi connectivity index (χ3v) is 7.15. The van der Waals surface area contributed by atoms with E-state index in [1.54, 1.807) is 21.3 Å². The van der Waals surface area contributed by atoms with Gasteiger partial charge in [0.1, 0.15) is 5.82 Å². The first-order valence-electron chi connectivity index (χ1n) is 10.7. The van der Waals surface area contributed by atoms with Crippen LogP contribution < -0.4 is 14.2 Å². The molecule has 9 heteroatoms. The maximum Gasteiger partial charge on any atom is 0.230 e. The van der Waals surface area contributed by atoms with Gasteiger partial charge in [-0.15, -0.1) is 5.10 Å². The van der Waals surface area contributed by atoms with Crippen LogP contribution in [0.25, 0.3) is 4.96 Å². The molecule has 0 unspecified atom stereocenters. The Hall–Kier alpha value is -3.30. The summed E-state index contributed by atoms with van der Waals surface area (Å²) < 4.78 is 18.3. The van der Waals surface area contributed by atoms with E-state index < -0.39 is 0 Å². The number of ether oxygens (including phenoxy) is 3. The van der Waals surface area contributed by atoms with Crippen molar-refractivity contribution >= 4 is 16.3 Å². The number of nitrogens with zero attached hydrogens (tertiary/aromatic N) is 4. The first-order chi connectivity index (χ1) is 16.0. The second-order valence-corrected chi connectivity index (χ2v) is 9.00. The average molecular weight is 467 g/mol. The number of aryl methyl sites for hydroxylation is 1. The lowest BCUT2D eigenvalue weighted by atomic mass is 9.95. The number of hydrogen-bond acceptors (Lipinski definition) is 8. The van der Waals surface area contributed by atoms with E-state index in [1.165, 1.54) is 27.0 Å². The van der Waals surface area contributed by atoms with Gasteiger partial charge in [-0.05, 0) is 42.2 Å². The van der Waals surface area contributed by atoms with Gasteiger partial charge in [0.05, 0.1) is 32.2 Å². The second kappa shape index (κ2) is 8.57. The molecule has 172 valence electrons. The van der Waals surface area contributed by atoms with Crippen molar-refractivity contribution in [1.29, 1.82) is 0 Å². The zero-order valence-corrected chi connectivity index (χ0v) is 19.8. The molecule has 3 heterocycles. The minimum Gasteiger partial charge on any atom is -0.493 e. The molecule has 0 spiro atoms. The fourth-order valence-corrected chi connectivity index (χ4v) is 5.71. The maximum atomic E-state index is 11.2. The van der Waals surface area contributed by atoms with Crippen LogP contribution in [0.2, 0.25) is 0 Å². The van der Waals surface area contributed by atoms with Crippen molar-refractivity contribution in [3.63, 3.8) is 0 Å². The van der Waals surface area contributed by atoms with Gasteiger partial charge in [0.15, 0.2) is 11.5 Å². The predicted molar refractivity (Wildman–Crippen MR) is 126 cm³/mol. The second-order valence-electron chi connectivity index (χ2n) is 7.99. The number of rotatable bonds is 6. The number of aromatic hydroxyl groups is 1. The van der Waals surface area contributed by atoms with Crippen molar-refractivity contribution in [2.24, 2.45) is 0 Å². The lowest BCUT2D eigenvalue weighted by Crippen LogP contribution is -2.34. The molecule has 0 amide bonds. The number of fused-ring (bicyclic) bond motifs is 2. The van der Waals surface area contributed by atoms with Crippen LogP contribution in [-0.2, 0) is 13.0 Å². The molecule has 2 aromatic heterocycles. The van der Waals surface area contributed by atoms with E-state index in [9.17, 15) is 5.11 Å². The standard InChI is InChI=1S/C24H26N4O4S/c1-14-25-24-28(26-14)23(29)22(33-24)20(27-10-9-15-7-5-6-8-16(15)13-27)17-11-18(30-2)21(32-4)19(12-17)31-3/h5-8,11-12,20,29H,9-10,13H2,1-4H3/t20-/m0/s1. The van der Waals surface area contributed by atoms with E-state index in [0.717, 1.165) is 30.0 Å². The summed E-state index contributed by atoms with van der Waals surface area (Å²) in [5.74, 6) is 2.41. The van der Waals surface area contributed by atoms with Gasteiger partial charge in [-0.25, -0.2) is 4.98 Å². The van der Waals surface area contributed by atoms with Gasteiger partial charge in [-0.1, -0.05) is 35.6 Å². The fourth-order valence-electron chi connectivity index (χ4n) is 4.55. The van der Waals surface area contributed by atoms with Crippen molar-refractivity contribution in [2.75, 3.05) is 27.9 Å². The van der Waals surface area contributed by atoms with Crippen molar-refractivity contribution in [3.8, 4) is 23.1 Å². The Balaban J connectivity index is 1.68. The quantitative estimate of drug-likeness (QED) is 0.460. The van der Waals surface area contributed by atoms with Crippen molar-refractivity contribution in [3.05, 3.63) is 63.8 Å². The lowest BCUT2D eigenvalue weighted by molar-refractivity contribution is 0.204. The van der Waals surface area contributed by atoms with Crippen molar-refractivity contribution in [1.82, 2.24) is 19.5 Å². The van der Waals surface area contributed by atoms with E-state index in [2.05, 4.69) is 39.2 Å². The van der Waals surface area contributed by atoms with Gasteiger partial charge >= 0.3 is 0 Å². The topological polar surface area (TPSA) is 81.4 Å². The Labute approximate surface area is 196 Å². The van der Waals surface area contributed by atoms with Crippen LogP contribution in [0.3, 0.4) is 0 Å². The number of thiazole rings is 1. The summed E-state index contributed by atoms with van der Waals surface area (Å²) in [6, 6.07) is 12.2. The summed E-state index contributed by atoms with van der Waals surface area (Å²) in [6.07, 6.45) is 0.928. The van der Waals surface area contributed by atoms with E-state index in [4.69, 9.17) is 14.2 Å². The van der Waals surface area contributed by atoms with Crippen LogP contribution in [0.15, 0.2) is 36.4 Å². The molecule has 0 radical (unpaired) electrons. The largest absolute Gasteiger partial charge is 0.493 e. The highest BCUT2D eigenvalue weighted by Gasteiger charge is 2.33. The van der Waals surface area contributed by atoms with Crippen LogP contribution in [0.4, 0.5) is 0 Å². The Morgan fingerprint density at radius 1 is 1.03 bits per heavy atom. The monoisotopic (exact) mass is 466 g/mol. The smallest absolute Gasteiger partial charge is 0.230 e. The van der Waals surface area contributed by atoms with Crippen LogP contribution in [0.5, 0.6) is 23.1 Å². The third-order valence-electron chi connectivity index (χ3n) is 6.08. The number of methoxy groups -OCH3 is 3. The molecule has 2 aromatic carbocycles.